The second-order valence-electron chi connectivity index (χ2n) is 6.07. The number of carbonyl (C=O) groups excluding carboxylic acids is 1. The van der Waals surface area contributed by atoms with Gasteiger partial charge in [-0.05, 0) is 51.9 Å². The van der Waals surface area contributed by atoms with Crippen LogP contribution in [-0.4, -0.2) is 49.5 Å². The van der Waals surface area contributed by atoms with Crippen molar-refractivity contribution in [3.8, 4) is 0 Å². The summed E-state index contributed by atoms with van der Waals surface area (Å²) < 4.78 is 0. The van der Waals surface area contributed by atoms with Gasteiger partial charge in [0.25, 0.3) is 0 Å². The summed E-state index contributed by atoms with van der Waals surface area (Å²) in [6.07, 6.45) is 10.8. The maximum Gasteiger partial charge on any atom is 0.244 e. The minimum Gasteiger partial charge on any atom is -0.357 e. The Morgan fingerprint density at radius 2 is 2.05 bits per heavy atom. The average molecular weight is 306 g/mol. The fourth-order valence-corrected chi connectivity index (χ4v) is 3.03. The molecule has 2 rings (SSSR count). The van der Waals surface area contributed by atoms with Gasteiger partial charge in [0, 0.05) is 26.2 Å². The van der Waals surface area contributed by atoms with Crippen molar-refractivity contribution in [1.82, 2.24) is 15.5 Å². The number of nitrogens with one attached hydrogen (secondary N) is 2. The molecular formula is C17H30N4O. The van der Waals surface area contributed by atoms with Gasteiger partial charge in [-0.25, -0.2) is 4.99 Å². The van der Waals surface area contributed by atoms with Crippen molar-refractivity contribution in [2.24, 2.45) is 4.99 Å². The van der Waals surface area contributed by atoms with Gasteiger partial charge in [0.05, 0.1) is 0 Å². The minimum absolute atomic E-state index is 0.143. The van der Waals surface area contributed by atoms with E-state index in [1.54, 1.807) is 5.57 Å². The molecule has 0 aromatic rings. The lowest BCUT2D eigenvalue weighted by atomic mass is 9.97. The summed E-state index contributed by atoms with van der Waals surface area (Å²) in [6.45, 7) is 5.78. The zero-order valence-electron chi connectivity index (χ0n) is 13.9. The molecule has 0 spiro atoms. The molecule has 0 atom stereocenters. The molecule has 5 heteroatoms. The van der Waals surface area contributed by atoms with Crippen LogP contribution in [0.5, 0.6) is 0 Å². The lowest BCUT2D eigenvalue weighted by molar-refractivity contribution is -0.128. The average Bonchev–Trinajstić information content (AvgIpc) is 3.08. The highest BCUT2D eigenvalue weighted by molar-refractivity contribution is 5.85. The molecule has 1 aliphatic heterocycles. The monoisotopic (exact) mass is 306 g/mol. The molecular weight excluding hydrogens is 276 g/mol. The highest BCUT2D eigenvalue weighted by Crippen LogP contribution is 2.19. The van der Waals surface area contributed by atoms with Crippen LogP contribution in [0, 0.1) is 0 Å². The van der Waals surface area contributed by atoms with E-state index >= 15 is 0 Å². The van der Waals surface area contributed by atoms with Crippen molar-refractivity contribution in [1.29, 1.82) is 0 Å². The Morgan fingerprint density at radius 3 is 2.73 bits per heavy atom. The first-order valence-corrected chi connectivity index (χ1v) is 8.77. The predicted molar refractivity (Wildman–Crippen MR) is 91.0 cm³/mol. The van der Waals surface area contributed by atoms with Crippen molar-refractivity contribution < 1.29 is 4.79 Å². The summed E-state index contributed by atoms with van der Waals surface area (Å²) in [5.41, 5.74) is 1.56. The topological polar surface area (TPSA) is 56.7 Å². The Hall–Kier alpha value is -1.52. The molecule has 0 radical (unpaired) electrons. The van der Waals surface area contributed by atoms with Gasteiger partial charge in [-0.1, -0.05) is 11.6 Å². The molecule has 2 N–H and O–H groups in total. The summed E-state index contributed by atoms with van der Waals surface area (Å²) in [7, 11) is 0. The summed E-state index contributed by atoms with van der Waals surface area (Å²) in [6, 6.07) is 0. The number of hydrogen-bond acceptors (Lipinski definition) is 2. The van der Waals surface area contributed by atoms with Crippen LogP contribution >= 0.6 is 0 Å². The van der Waals surface area contributed by atoms with Gasteiger partial charge in [0.15, 0.2) is 5.96 Å². The molecule has 0 saturated carbocycles. The molecule has 2 aliphatic rings. The molecule has 0 aromatic carbocycles. The van der Waals surface area contributed by atoms with E-state index in [1.807, 2.05) is 11.8 Å². The van der Waals surface area contributed by atoms with Gasteiger partial charge in [0.2, 0.25) is 5.91 Å². The van der Waals surface area contributed by atoms with E-state index < -0.39 is 0 Å². The number of amides is 1. The van der Waals surface area contributed by atoms with E-state index in [2.05, 4.69) is 21.7 Å². The molecule has 1 aliphatic carbocycles. The highest BCUT2D eigenvalue weighted by atomic mass is 16.2. The summed E-state index contributed by atoms with van der Waals surface area (Å²) >= 11 is 0. The second kappa shape index (κ2) is 9.49. The van der Waals surface area contributed by atoms with E-state index in [0.717, 1.165) is 51.4 Å². The summed E-state index contributed by atoms with van der Waals surface area (Å²) in [5, 5.41) is 6.56. The van der Waals surface area contributed by atoms with Gasteiger partial charge in [-0.2, -0.15) is 0 Å². The fraction of sp³-hybridized carbons (Fsp3) is 0.765. The number of likely N-dealkylation sites (tertiary alicyclic amines) is 1. The highest BCUT2D eigenvalue weighted by Gasteiger charge is 2.17. The molecule has 5 nitrogen and oxygen atoms in total. The maximum atomic E-state index is 12.0. The van der Waals surface area contributed by atoms with Crippen LogP contribution in [0.15, 0.2) is 16.6 Å². The van der Waals surface area contributed by atoms with Gasteiger partial charge < -0.3 is 15.5 Å². The first-order chi connectivity index (χ1) is 10.8. The van der Waals surface area contributed by atoms with Gasteiger partial charge >= 0.3 is 0 Å². The number of rotatable bonds is 6. The maximum absolute atomic E-state index is 12.0. The van der Waals surface area contributed by atoms with Gasteiger partial charge in [0.1, 0.15) is 6.54 Å². The predicted octanol–water partition coefficient (Wildman–Crippen LogP) is 2.05. The van der Waals surface area contributed by atoms with E-state index in [-0.39, 0.29) is 12.5 Å². The first-order valence-electron chi connectivity index (χ1n) is 8.77. The van der Waals surface area contributed by atoms with Crippen LogP contribution in [-0.2, 0) is 4.79 Å². The largest absolute Gasteiger partial charge is 0.357 e. The summed E-state index contributed by atoms with van der Waals surface area (Å²) in [4.78, 5) is 18.4. The van der Waals surface area contributed by atoms with E-state index in [1.165, 1.54) is 25.7 Å². The summed E-state index contributed by atoms with van der Waals surface area (Å²) in [5.74, 6) is 0.899. The fourth-order valence-electron chi connectivity index (χ4n) is 3.03. The van der Waals surface area contributed by atoms with Gasteiger partial charge in [-0.3, -0.25) is 4.79 Å². The van der Waals surface area contributed by atoms with Crippen LogP contribution in [0.25, 0.3) is 0 Å². The Labute approximate surface area is 134 Å². The third-order valence-electron chi connectivity index (χ3n) is 4.30. The Morgan fingerprint density at radius 1 is 1.23 bits per heavy atom. The van der Waals surface area contributed by atoms with Gasteiger partial charge in [-0.15, -0.1) is 0 Å². The van der Waals surface area contributed by atoms with Crippen molar-refractivity contribution in [3.63, 3.8) is 0 Å². The first kappa shape index (κ1) is 16.8. The Kier molecular flexibility index (Phi) is 7.26. The smallest absolute Gasteiger partial charge is 0.244 e. The molecule has 1 amide bonds. The minimum atomic E-state index is 0.143. The quantitative estimate of drug-likeness (QED) is 0.449. The van der Waals surface area contributed by atoms with Crippen molar-refractivity contribution in [2.45, 2.75) is 51.9 Å². The van der Waals surface area contributed by atoms with Crippen molar-refractivity contribution in [2.75, 3.05) is 32.7 Å². The number of hydrogen-bond donors (Lipinski definition) is 2. The normalized spacial score (nSPS) is 19.0. The zero-order valence-corrected chi connectivity index (χ0v) is 13.9. The number of aliphatic imine (C=N–C) groups is 1. The molecule has 22 heavy (non-hydrogen) atoms. The molecule has 1 saturated heterocycles. The molecule has 1 heterocycles. The van der Waals surface area contributed by atoms with E-state index in [4.69, 9.17) is 0 Å². The standard InChI is InChI=1S/C17H30N4O/c1-2-18-17(19-11-10-15-8-4-3-5-9-15)20-14-16(22)21-12-6-7-13-21/h8H,2-7,9-14H2,1H3,(H2,18,19,20). The van der Waals surface area contributed by atoms with Crippen LogP contribution in [0.3, 0.4) is 0 Å². The van der Waals surface area contributed by atoms with E-state index in [0.29, 0.717) is 0 Å². The van der Waals surface area contributed by atoms with E-state index in [9.17, 15) is 4.79 Å². The third-order valence-corrected chi connectivity index (χ3v) is 4.30. The van der Waals surface area contributed by atoms with Crippen LogP contribution in [0.1, 0.15) is 51.9 Å². The Balaban J connectivity index is 1.74. The SMILES string of the molecule is CCNC(=NCC(=O)N1CCCC1)NCCC1=CCCCC1. The number of guanidine groups is 1. The van der Waals surface area contributed by atoms with Crippen molar-refractivity contribution >= 4 is 11.9 Å². The van der Waals surface area contributed by atoms with Crippen LogP contribution < -0.4 is 10.6 Å². The zero-order chi connectivity index (χ0) is 15.6. The lowest BCUT2D eigenvalue weighted by Gasteiger charge is -2.16. The molecule has 0 unspecified atom stereocenters. The Bertz CT molecular complexity index is 411. The van der Waals surface area contributed by atoms with Crippen LogP contribution in [0.2, 0.25) is 0 Å². The lowest BCUT2D eigenvalue weighted by Crippen LogP contribution is -2.39. The number of carbonyl (C=O) groups is 1. The molecule has 0 bridgehead atoms. The molecule has 0 aromatic heterocycles. The number of allylic oxidation sites excluding steroid dienone is 1. The molecule has 1 fully saturated rings. The second-order valence-corrected chi connectivity index (χ2v) is 6.07. The number of nitrogens with zero attached hydrogens (tertiary/aromatic N) is 2. The molecule has 124 valence electrons. The van der Waals surface area contributed by atoms with Crippen molar-refractivity contribution in [3.05, 3.63) is 11.6 Å². The van der Waals surface area contributed by atoms with Crippen LogP contribution in [0.4, 0.5) is 0 Å². The third kappa shape index (κ3) is 5.70.